The van der Waals surface area contributed by atoms with E-state index in [9.17, 15) is 26.4 Å². The average molecular weight is 318 g/mol. The molecule has 0 aliphatic heterocycles. The molecule has 0 saturated heterocycles. The molecule has 0 spiro atoms. The Hall–Kier alpha value is -1.33. The van der Waals surface area contributed by atoms with Crippen LogP contribution < -0.4 is 9.44 Å². The van der Waals surface area contributed by atoms with Crippen LogP contribution in [0.4, 0.5) is 18.9 Å². The van der Waals surface area contributed by atoms with Crippen LogP contribution in [-0.4, -0.2) is 34.2 Å². The van der Waals surface area contributed by atoms with E-state index in [0.29, 0.717) is 0 Å². The van der Waals surface area contributed by atoms with Crippen molar-refractivity contribution in [2.24, 2.45) is 0 Å². The number of hydrogen-bond donors (Lipinski definition) is 2. The van der Waals surface area contributed by atoms with E-state index < -0.39 is 28.9 Å². The summed E-state index contributed by atoms with van der Waals surface area (Å²) in [7, 11) is -3.32. The number of halogens is 3. The standard InChI is InChI=1S/C8H9F3N2O4S2/c1-17-7(14)6-5(2-3-18-6)13-19(15,16)12-4-8(9,10)11/h2-3,12-13H,4H2,1H3. The first-order valence-corrected chi connectivity index (χ1v) is 7.01. The van der Waals surface area contributed by atoms with Crippen LogP contribution in [-0.2, 0) is 14.9 Å². The maximum atomic E-state index is 11.9. The van der Waals surface area contributed by atoms with Gasteiger partial charge in [-0.05, 0) is 11.4 Å². The predicted octanol–water partition coefficient (Wildman–Crippen LogP) is 1.34. The van der Waals surface area contributed by atoms with E-state index in [1.807, 2.05) is 4.72 Å². The smallest absolute Gasteiger partial charge is 0.402 e. The Labute approximate surface area is 110 Å². The second-order valence-corrected chi connectivity index (χ2v) is 5.61. The number of nitrogens with one attached hydrogen (secondary N) is 2. The molecular weight excluding hydrogens is 309 g/mol. The number of methoxy groups -OCH3 is 1. The molecule has 0 aromatic carbocycles. The third kappa shape index (κ3) is 5.04. The van der Waals surface area contributed by atoms with E-state index in [-0.39, 0.29) is 10.6 Å². The van der Waals surface area contributed by atoms with Crippen LogP contribution in [0.25, 0.3) is 0 Å². The van der Waals surface area contributed by atoms with E-state index >= 15 is 0 Å². The van der Waals surface area contributed by atoms with Crippen molar-refractivity contribution in [1.82, 2.24) is 4.72 Å². The second kappa shape index (κ2) is 5.75. The Kier molecular flexibility index (Phi) is 4.76. The number of hydrogen-bond acceptors (Lipinski definition) is 5. The third-order valence-electron chi connectivity index (χ3n) is 1.74. The molecule has 108 valence electrons. The largest absolute Gasteiger partial charge is 0.465 e. The Morgan fingerprint density at radius 1 is 1.47 bits per heavy atom. The normalized spacial score (nSPS) is 12.2. The van der Waals surface area contributed by atoms with Gasteiger partial charge >= 0.3 is 12.1 Å². The Bertz CT molecular complexity index is 553. The van der Waals surface area contributed by atoms with Crippen LogP contribution in [0.1, 0.15) is 9.67 Å². The fourth-order valence-corrected chi connectivity index (χ4v) is 2.71. The Morgan fingerprint density at radius 2 is 2.11 bits per heavy atom. The van der Waals surface area contributed by atoms with Gasteiger partial charge in [-0.25, -0.2) is 4.79 Å². The van der Waals surface area contributed by atoms with E-state index in [0.717, 1.165) is 18.4 Å². The van der Waals surface area contributed by atoms with Gasteiger partial charge < -0.3 is 4.74 Å². The third-order valence-corrected chi connectivity index (χ3v) is 3.65. The molecule has 0 atom stereocenters. The zero-order chi connectivity index (χ0) is 14.7. The summed E-state index contributed by atoms with van der Waals surface area (Å²) in [4.78, 5) is 11.2. The summed E-state index contributed by atoms with van der Waals surface area (Å²) in [5, 5.41) is 1.40. The van der Waals surface area contributed by atoms with Crippen molar-refractivity contribution in [3.8, 4) is 0 Å². The molecule has 1 aromatic heterocycles. The number of thiophene rings is 1. The molecule has 0 fully saturated rings. The zero-order valence-corrected chi connectivity index (χ0v) is 11.1. The zero-order valence-electron chi connectivity index (χ0n) is 9.45. The van der Waals surface area contributed by atoms with Crippen LogP contribution >= 0.6 is 11.3 Å². The number of alkyl halides is 3. The topological polar surface area (TPSA) is 84.5 Å². The summed E-state index contributed by atoms with van der Waals surface area (Å²) in [6.07, 6.45) is -4.67. The van der Waals surface area contributed by atoms with Gasteiger partial charge in [0.25, 0.3) is 10.2 Å². The lowest BCUT2D eigenvalue weighted by Crippen LogP contribution is -2.37. The van der Waals surface area contributed by atoms with Gasteiger partial charge in [0.15, 0.2) is 0 Å². The maximum Gasteiger partial charge on any atom is 0.402 e. The minimum atomic E-state index is -4.67. The fourth-order valence-electron chi connectivity index (χ4n) is 0.998. The lowest BCUT2D eigenvalue weighted by Gasteiger charge is -2.11. The minimum absolute atomic E-state index is 0.0557. The van der Waals surface area contributed by atoms with Gasteiger partial charge in [0.1, 0.15) is 11.4 Å². The fraction of sp³-hybridized carbons (Fsp3) is 0.375. The molecule has 0 radical (unpaired) electrons. The van der Waals surface area contributed by atoms with Gasteiger partial charge in [0, 0.05) is 0 Å². The molecule has 19 heavy (non-hydrogen) atoms. The van der Waals surface area contributed by atoms with Crippen molar-refractivity contribution in [3.05, 3.63) is 16.3 Å². The highest BCUT2D eigenvalue weighted by Gasteiger charge is 2.30. The highest BCUT2D eigenvalue weighted by molar-refractivity contribution is 7.90. The van der Waals surface area contributed by atoms with Gasteiger partial charge in [-0.15, -0.1) is 11.3 Å². The summed E-state index contributed by atoms with van der Waals surface area (Å²) in [5.41, 5.74) is -0.147. The molecule has 0 saturated carbocycles. The van der Waals surface area contributed by atoms with Crippen molar-refractivity contribution in [3.63, 3.8) is 0 Å². The van der Waals surface area contributed by atoms with Crippen molar-refractivity contribution >= 4 is 33.2 Å². The molecule has 11 heteroatoms. The van der Waals surface area contributed by atoms with E-state index in [1.54, 1.807) is 0 Å². The molecule has 1 rings (SSSR count). The Morgan fingerprint density at radius 3 is 2.63 bits per heavy atom. The van der Waals surface area contributed by atoms with E-state index in [4.69, 9.17) is 0 Å². The first-order chi connectivity index (χ1) is 8.64. The summed E-state index contributed by atoms with van der Waals surface area (Å²) in [6.45, 7) is -1.71. The average Bonchev–Trinajstić information content (AvgIpc) is 2.72. The van der Waals surface area contributed by atoms with Gasteiger partial charge in [0.2, 0.25) is 0 Å². The molecule has 0 aliphatic rings. The number of carbonyl (C=O) groups excluding carboxylic acids is 1. The van der Waals surface area contributed by atoms with Crippen molar-refractivity contribution in [2.75, 3.05) is 18.4 Å². The summed E-state index contributed by atoms with van der Waals surface area (Å²) in [6, 6.07) is 1.24. The quantitative estimate of drug-likeness (QED) is 0.803. The number of esters is 1. The van der Waals surface area contributed by atoms with Gasteiger partial charge in [-0.3, -0.25) is 4.72 Å². The maximum absolute atomic E-state index is 11.9. The molecular formula is C8H9F3N2O4S2. The van der Waals surface area contributed by atoms with Crippen LogP contribution in [0.2, 0.25) is 0 Å². The van der Waals surface area contributed by atoms with Crippen LogP contribution in [0.5, 0.6) is 0 Å². The summed E-state index contributed by atoms with van der Waals surface area (Å²) >= 11 is 0.895. The van der Waals surface area contributed by atoms with Crippen molar-refractivity contribution in [1.29, 1.82) is 0 Å². The first-order valence-electron chi connectivity index (χ1n) is 4.64. The van der Waals surface area contributed by atoms with Gasteiger partial charge in [-0.1, -0.05) is 0 Å². The first kappa shape index (κ1) is 15.7. The Balaban J connectivity index is 2.79. The number of rotatable bonds is 5. The molecule has 1 aromatic rings. The molecule has 6 nitrogen and oxygen atoms in total. The van der Waals surface area contributed by atoms with Crippen molar-refractivity contribution < 1.29 is 31.1 Å². The van der Waals surface area contributed by atoms with Crippen molar-refractivity contribution in [2.45, 2.75) is 6.18 Å². The molecule has 2 N–H and O–H groups in total. The van der Waals surface area contributed by atoms with Crippen LogP contribution in [0.15, 0.2) is 11.4 Å². The highest BCUT2D eigenvalue weighted by Crippen LogP contribution is 2.24. The molecule has 0 unspecified atom stereocenters. The van der Waals surface area contributed by atoms with Gasteiger partial charge in [-0.2, -0.15) is 26.3 Å². The molecule has 0 aliphatic carbocycles. The van der Waals surface area contributed by atoms with E-state index in [1.165, 1.54) is 16.2 Å². The number of ether oxygens (including phenoxy) is 1. The number of anilines is 1. The monoisotopic (exact) mass is 318 g/mol. The summed E-state index contributed by atoms with van der Waals surface area (Å²) in [5.74, 6) is -0.788. The van der Waals surface area contributed by atoms with Crippen LogP contribution in [0, 0.1) is 0 Å². The minimum Gasteiger partial charge on any atom is -0.465 e. The molecule has 0 bridgehead atoms. The SMILES string of the molecule is COC(=O)c1sccc1NS(=O)(=O)NCC(F)(F)F. The molecule has 0 amide bonds. The molecule has 1 heterocycles. The van der Waals surface area contributed by atoms with Gasteiger partial charge in [0.05, 0.1) is 12.8 Å². The second-order valence-electron chi connectivity index (χ2n) is 3.20. The van der Waals surface area contributed by atoms with Crippen LogP contribution in [0.3, 0.4) is 0 Å². The predicted molar refractivity (Wildman–Crippen MR) is 62.3 cm³/mol. The number of carbonyl (C=O) groups is 1. The van der Waals surface area contributed by atoms with E-state index in [2.05, 4.69) is 4.74 Å². The summed E-state index contributed by atoms with van der Waals surface area (Å²) < 4.78 is 65.9. The lowest BCUT2D eigenvalue weighted by molar-refractivity contribution is -0.121. The lowest BCUT2D eigenvalue weighted by atomic mass is 10.4. The highest BCUT2D eigenvalue weighted by atomic mass is 32.2.